The monoisotopic (exact) mass is 419 g/mol. The topological polar surface area (TPSA) is 75.9 Å². The highest BCUT2D eigenvalue weighted by Gasteiger charge is 2.20. The van der Waals surface area contributed by atoms with Gasteiger partial charge in [-0.2, -0.15) is 0 Å². The smallest absolute Gasteiger partial charge is 0.269 e. The average Bonchev–Trinajstić information content (AvgIpc) is 2.78. The van der Waals surface area contributed by atoms with Crippen LogP contribution in [0.1, 0.15) is 16.8 Å². The summed E-state index contributed by atoms with van der Waals surface area (Å²) >= 11 is 0. The molecule has 7 nitrogen and oxygen atoms in total. The van der Waals surface area contributed by atoms with Crippen LogP contribution in [0.15, 0.2) is 78.9 Å². The number of carbonyl (C=O) groups is 1. The van der Waals surface area contributed by atoms with Crippen molar-refractivity contribution in [3.05, 3.63) is 94.5 Å². The molecular formula is C24H25N3O4. The molecule has 3 rings (SSSR count). The number of hydrogen-bond acceptors (Lipinski definition) is 5. The number of nitrogens with zero attached hydrogens (tertiary/aromatic N) is 3. The van der Waals surface area contributed by atoms with Gasteiger partial charge in [0.05, 0.1) is 11.5 Å². The van der Waals surface area contributed by atoms with Crippen molar-refractivity contribution in [1.82, 2.24) is 4.90 Å². The molecule has 3 aromatic rings. The second kappa shape index (κ2) is 10.4. The number of para-hydroxylation sites is 1. The molecule has 0 atom stereocenters. The summed E-state index contributed by atoms with van der Waals surface area (Å²) in [4.78, 5) is 27.4. The van der Waals surface area contributed by atoms with Gasteiger partial charge in [0.15, 0.2) is 0 Å². The molecule has 7 heteroatoms. The molecule has 0 saturated heterocycles. The minimum atomic E-state index is -0.486. The van der Waals surface area contributed by atoms with Crippen LogP contribution in [-0.2, 0) is 0 Å². The Balaban J connectivity index is 1.83. The Morgan fingerprint density at radius 1 is 0.903 bits per heavy atom. The maximum absolute atomic E-state index is 13.3. The Kier molecular flexibility index (Phi) is 7.35. The Labute approximate surface area is 181 Å². The minimum Gasteiger partial charge on any atom is -0.494 e. The van der Waals surface area contributed by atoms with Gasteiger partial charge in [-0.25, -0.2) is 0 Å². The number of carbonyl (C=O) groups excluding carboxylic acids is 1. The van der Waals surface area contributed by atoms with Crippen LogP contribution in [0, 0.1) is 10.1 Å². The van der Waals surface area contributed by atoms with Crippen molar-refractivity contribution in [2.75, 3.05) is 32.1 Å². The molecule has 0 unspecified atom stereocenters. The van der Waals surface area contributed by atoms with Crippen molar-refractivity contribution in [3.8, 4) is 5.75 Å². The van der Waals surface area contributed by atoms with Crippen LogP contribution in [0.4, 0.5) is 17.1 Å². The molecule has 31 heavy (non-hydrogen) atoms. The molecule has 0 aliphatic rings. The van der Waals surface area contributed by atoms with Crippen molar-refractivity contribution >= 4 is 23.0 Å². The summed E-state index contributed by atoms with van der Waals surface area (Å²) in [6.07, 6.45) is 0.920. The Morgan fingerprint density at radius 2 is 1.52 bits per heavy atom. The van der Waals surface area contributed by atoms with Crippen LogP contribution in [0.2, 0.25) is 0 Å². The number of hydrogen-bond donors (Lipinski definition) is 0. The molecule has 0 aromatic heterocycles. The van der Waals surface area contributed by atoms with Crippen LogP contribution in [0.3, 0.4) is 0 Å². The van der Waals surface area contributed by atoms with E-state index in [1.807, 2.05) is 68.7 Å². The van der Waals surface area contributed by atoms with Gasteiger partial charge in [0.25, 0.3) is 11.6 Å². The van der Waals surface area contributed by atoms with E-state index in [0.717, 1.165) is 18.7 Å². The van der Waals surface area contributed by atoms with Gasteiger partial charge in [0.1, 0.15) is 5.75 Å². The lowest BCUT2D eigenvalue weighted by Crippen LogP contribution is -2.25. The number of anilines is 2. The quantitative estimate of drug-likeness (QED) is 0.280. The third-order valence-corrected chi connectivity index (χ3v) is 4.66. The summed E-state index contributed by atoms with van der Waals surface area (Å²) in [7, 11) is 4.05. The zero-order valence-electron chi connectivity index (χ0n) is 17.6. The average molecular weight is 419 g/mol. The molecule has 0 saturated carbocycles. The lowest BCUT2D eigenvalue weighted by Gasteiger charge is -2.23. The molecule has 160 valence electrons. The highest BCUT2D eigenvalue weighted by Crippen LogP contribution is 2.29. The maximum atomic E-state index is 13.3. The van der Waals surface area contributed by atoms with Gasteiger partial charge in [0, 0.05) is 35.6 Å². The molecule has 0 spiro atoms. The van der Waals surface area contributed by atoms with E-state index < -0.39 is 4.92 Å². The van der Waals surface area contributed by atoms with Gasteiger partial charge < -0.3 is 9.64 Å². The third kappa shape index (κ3) is 5.90. The Hall–Kier alpha value is -3.71. The molecule has 0 fully saturated rings. The van der Waals surface area contributed by atoms with Gasteiger partial charge in [-0.1, -0.05) is 18.2 Å². The molecule has 0 N–H and O–H groups in total. The molecule has 0 bridgehead atoms. The predicted molar refractivity (Wildman–Crippen MR) is 121 cm³/mol. The number of non-ortho nitro benzene ring substituents is 1. The summed E-state index contributed by atoms with van der Waals surface area (Å²) in [6.45, 7) is 1.56. The first kappa shape index (κ1) is 22.0. The molecule has 0 aliphatic carbocycles. The van der Waals surface area contributed by atoms with Crippen LogP contribution < -0.4 is 9.64 Å². The fourth-order valence-electron chi connectivity index (χ4n) is 3.08. The first-order valence-electron chi connectivity index (χ1n) is 9.97. The number of nitro groups is 1. The van der Waals surface area contributed by atoms with Crippen LogP contribution in [-0.4, -0.2) is 43.0 Å². The van der Waals surface area contributed by atoms with Crippen molar-refractivity contribution in [2.45, 2.75) is 6.42 Å². The minimum absolute atomic E-state index is 0.0569. The van der Waals surface area contributed by atoms with E-state index in [2.05, 4.69) is 4.90 Å². The standard InChI is InChI=1S/C24H25N3O4/c1-25(2)17-6-18-31-23-15-13-21(14-16-23)26(20-7-4-3-5-8-20)24(28)19-9-11-22(12-10-19)27(29)30/h3-5,7-16H,6,17-18H2,1-2H3. The van der Waals surface area contributed by atoms with E-state index >= 15 is 0 Å². The summed E-state index contributed by atoms with van der Waals surface area (Å²) < 4.78 is 5.78. The number of nitro benzene ring substituents is 1. The number of ether oxygens (including phenoxy) is 1. The zero-order chi connectivity index (χ0) is 22.2. The summed E-state index contributed by atoms with van der Waals surface area (Å²) in [5.74, 6) is 0.457. The number of rotatable bonds is 9. The fraction of sp³-hybridized carbons (Fsp3) is 0.208. The highest BCUT2D eigenvalue weighted by molar-refractivity contribution is 6.11. The number of benzene rings is 3. The van der Waals surface area contributed by atoms with Crippen LogP contribution in [0.5, 0.6) is 5.75 Å². The Bertz CT molecular complexity index is 1000. The molecular weight excluding hydrogens is 394 g/mol. The van der Waals surface area contributed by atoms with E-state index in [0.29, 0.717) is 23.5 Å². The van der Waals surface area contributed by atoms with E-state index in [1.54, 1.807) is 4.90 Å². The molecule has 0 radical (unpaired) electrons. The maximum Gasteiger partial charge on any atom is 0.269 e. The third-order valence-electron chi connectivity index (χ3n) is 4.66. The lowest BCUT2D eigenvalue weighted by atomic mass is 10.1. The largest absolute Gasteiger partial charge is 0.494 e. The predicted octanol–water partition coefficient (Wildman–Crippen LogP) is 4.90. The van der Waals surface area contributed by atoms with Gasteiger partial charge in [0.2, 0.25) is 0 Å². The second-order valence-corrected chi connectivity index (χ2v) is 7.28. The van der Waals surface area contributed by atoms with Gasteiger partial charge >= 0.3 is 0 Å². The van der Waals surface area contributed by atoms with Crippen LogP contribution >= 0.6 is 0 Å². The SMILES string of the molecule is CN(C)CCCOc1ccc(N(C(=O)c2ccc([N+](=O)[O-])cc2)c2ccccc2)cc1. The normalized spacial score (nSPS) is 10.7. The molecule has 3 aromatic carbocycles. The first-order valence-corrected chi connectivity index (χ1v) is 9.97. The molecule has 1 amide bonds. The van der Waals surface area contributed by atoms with Crippen molar-refractivity contribution in [1.29, 1.82) is 0 Å². The van der Waals surface area contributed by atoms with Gasteiger partial charge in [-0.15, -0.1) is 0 Å². The van der Waals surface area contributed by atoms with E-state index in [1.165, 1.54) is 24.3 Å². The van der Waals surface area contributed by atoms with Gasteiger partial charge in [-0.3, -0.25) is 19.8 Å². The summed E-state index contributed by atoms with van der Waals surface area (Å²) in [5.41, 5.74) is 1.68. The van der Waals surface area contributed by atoms with E-state index in [-0.39, 0.29) is 11.6 Å². The highest BCUT2D eigenvalue weighted by atomic mass is 16.6. The number of amides is 1. The molecule has 0 aliphatic heterocycles. The van der Waals surface area contributed by atoms with Crippen LogP contribution in [0.25, 0.3) is 0 Å². The first-order chi connectivity index (χ1) is 15.0. The summed E-state index contributed by atoms with van der Waals surface area (Å²) in [6, 6.07) is 22.2. The van der Waals surface area contributed by atoms with Crippen molar-refractivity contribution in [3.63, 3.8) is 0 Å². The Morgan fingerprint density at radius 3 is 2.10 bits per heavy atom. The van der Waals surface area contributed by atoms with Crippen molar-refractivity contribution in [2.24, 2.45) is 0 Å². The van der Waals surface area contributed by atoms with Gasteiger partial charge in [-0.05, 0) is 69.0 Å². The fourth-order valence-corrected chi connectivity index (χ4v) is 3.08. The van der Waals surface area contributed by atoms with E-state index in [4.69, 9.17) is 4.74 Å². The summed E-state index contributed by atoms with van der Waals surface area (Å²) in [5, 5.41) is 10.9. The van der Waals surface area contributed by atoms with E-state index in [9.17, 15) is 14.9 Å². The zero-order valence-corrected chi connectivity index (χ0v) is 17.6. The van der Waals surface area contributed by atoms with Crippen molar-refractivity contribution < 1.29 is 14.5 Å². The lowest BCUT2D eigenvalue weighted by molar-refractivity contribution is -0.384. The molecule has 0 heterocycles. The second-order valence-electron chi connectivity index (χ2n) is 7.28.